The first-order chi connectivity index (χ1) is 7.93. The molecule has 2 heterocycles. The zero-order valence-corrected chi connectivity index (χ0v) is 8.41. The summed E-state index contributed by atoms with van der Waals surface area (Å²) in [5.41, 5.74) is 4.29. The second-order valence-electron chi connectivity index (χ2n) is 3.47. The molecule has 2 aromatic heterocycles. The highest BCUT2D eigenvalue weighted by molar-refractivity contribution is 5.68. The van der Waals surface area contributed by atoms with Gasteiger partial charge in [-0.15, -0.1) is 0 Å². The lowest BCUT2D eigenvalue weighted by molar-refractivity contribution is 1.06. The Kier molecular flexibility index (Phi) is 2.04. The number of aromatic nitrogens is 4. The van der Waals surface area contributed by atoms with Crippen molar-refractivity contribution in [1.29, 1.82) is 0 Å². The summed E-state index contributed by atoms with van der Waals surface area (Å²) >= 11 is 0. The van der Waals surface area contributed by atoms with Gasteiger partial charge in [0.25, 0.3) is 0 Å². The van der Waals surface area contributed by atoms with E-state index in [2.05, 4.69) is 20.4 Å². The molecule has 0 bridgehead atoms. The van der Waals surface area contributed by atoms with Gasteiger partial charge in [0.2, 0.25) is 0 Å². The van der Waals surface area contributed by atoms with Crippen LogP contribution in [0, 0.1) is 0 Å². The molecule has 0 fully saturated rings. The van der Waals surface area contributed by atoms with E-state index in [1.54, 1.807) is 24.8 Å². The van der Waals surface area contributed by atoms with Gasteiger partial charge in [0.05, 0.1) is 0 Å². The van der Waals surface area contributed by atoms with Crippen molar-refractivity contribution in [3.8, 4) is 22.3 Å². The second kappa shape index (κ2) is 3.66. The van der Waals surface area contributed by atoms with Crippen LogP contribution in [0.15, 0.2) is 49.1 Å². The second-order valence-corrected chi connectivity index (χ2v) is 3.47. The van der Waals surface area contributed by atoms with Crippen molar-refractivity contribution < 1.29 is 0 Å². The first-order valence-electron chi connectivity index (χ1n) is 4.91. The summed E-state index contributed by atoms with van der Waals surface area (Å²) in [6.45, 7) is 0. The number of hydrogen-bond donors (Lipinski definition) is 0. The highest BCUT2D eigenvalue weighted by Gasteiger charge is 1.97. The predicted octanol–water partition coefficient (Wildman–Crippen LogP) is 1.72. The molecule has 1 aromatic carbocycles. The van der Waals surface area contributed by atoms with Crippen LogP contribution in [-0.4, -0.2) is 10.2 Å². The molecule has 0 unspecified atom stereocenters. The lowest BCUT2D eigenvalue weighted by atomic mass is 10.0. The van der Waals surface area contributed by atoms with Gasteiger partial charge in [-0.2, -0.15) is 12.4 Å². The maximum absolute atomic E-state index is 3.80. The number of nitrogens with zero attached hydrogens (tertiary/aromatic N) is 4. The van der Waals surface area contributed by atoms with E-state index in [0.717, 1.165) is 22.3 Å². The van der Waals surface area contributed by atoms with E-state index in [1.807, 2.05) is 24.3 Å². The van der Waals surface area contributed by atoms with E-state index in [-0.39, 0.29) is 0 Å². The third-order valence-corrected chi connectivity index (χ3v) is 2.47. The Morgan fingerprint density at radius 2 is 1.06 bits per heavy atom. The van der Waals surface area contributed by atoms with E-state index in [1.165, 1.54) is 0 Å². The summed E-state index contributed by atoms with van der Waals surface area (Å²) in [6, 6.07) is 8.17. The molecule has 0 N–H and O–H groups in total. The van der Waals surface area contributed by atoms with Crippen molar-refractivity contribution in [3.63, 3.8) is 0 Å². The summed E-state index contributed by atoms with van der Waals surface area (Å²) in [5.74, 6) is 0. The van der Waals surface area contributed by atoms with Crippen LogP contribution in [0.4, 0.5) is 0 Å². The summed E-state index contributed by atoms with van der Waals surface area (Å²) in [4.78, 5) is 0. The van der Waals surface area contributed by atoms with Gasteiger partial charge in [0.15, 0.2) is 0 Å². The minimum atomic E-state index is 1.03. The Bertz CT molecular complexity index is 496. The summed E-state index contributed by atoms with van der Waals surface area (Å²) in [5, 5.41) is 15.2. The fourth-order valence-electron chi connectivity index (χ4n) is 1.60. The minimum absolute atomic E-state index is 1.03. The minimum Gasteiger partial charge on any atom is -0.581 e. The SMILES string of the molecule is c1cc(-c2cn[n-]c2)ccc1-c1cn[n-]c1. The van der Waals surface area contributed by atoms with E-state index < -0.39 is 0 Å². The van der Waals surface area contributed by atoms with Gasteiger partial charge in [0, 0.05) is 12.4 Å². The topological polar surface area (TPSA) is 54.0 Å². The monoisotopic (exact) mass is 208 g/mol. The molecule has 0 aliphatic rings. The molecule has 0 atom stereocenters. The zero-order valence-electron chi connectivity index (χ0n) is 8.41. The lowest BCUT2D eigenvalue weighted by Gasteiger charge is -2.02. The van der Waals surface area contributed by atoms with Gasteiger partial charge in [-0.3, -0.25) is 0 Å². The lowest BCUT2D eigenvalue weighted by Crippen LogP contribution is -1.76. The van der Waals surface area contributed by atoms with Crippen molar-refractivity contribution in [2.45, 2.75) is 0 Å². The molecule has 0 saturated carbocycles. The molecule has 3 rings (SSSR count). The average Bonchev–Trinajstić information content (AvgIpc) is 3.03. The fourth-order valence-corrected chi connectivity index (χ4v) is 1.60. The molecule has 78 valence electrons. The van der Waals surface area contributed by atoms with Gasteiger partial charge < -0.3 is 20.4 Å². The van der Waals surface area contributed by atoms with E-state index >= 15 is 0 Å². The fraction of sp³-hybridized carbons (Fsp3) is 0. The first kappa shape index (κ1) is 8.91. The van der Waals surface area contributed by atoms with Crippen LogP contribution in [-0.2, 0) is 0 Å². The standard InChI is InChI=1S/C12H8N4/c1-2-10(12-7-15-16-8-12)4-3-9(1)11-5-13-14-6-11/h1-8H/q-2. The maximum atomic E-state index is 3.80. The van der Waals surface area contributed by atoms with Crippen LogP contribution in [0.2, 0.25) is 0 Å². The van der Waals surface area contributed by atoms with Gasteiger partial charge in [-0.1, -0.05) is 24.3 Å². The smallest absolute Gasteiger partial charge is 0.00987 e. The largest absolute Gasteiger partial charge is 0.581 e. The Balaban J connectivity index is 1.97. The normalized spacial score (nSPS) is 10.5. The molecular weight excluding hydrogens is 200 g/mol. The molecule has 0 aliphatic heterocycles. The van der Waals surface area contributed by atoms with Crippen molar-refractivity contribution >= 4 is 0 Å². The number of rotatable bonds is 2. The molecule has 0 spiro atoms. The van der Waals surface area contributed by atoms with Crippen molar-refractivity contribution in [1.82, 2.24) is 20.4 Å². The summed E-state index contributed by atoms with van der Waals surface area (Å²) in [7, 11) is 0. The Labute approximate surface area is 92.3 Å². The van der Waals surface area contributed by atoms with Crippen molar-refractivity contribution in [2.24, 2.45) is 0 Å². The molecule has 0 amide bonds. The molecule has 3 aromatic rings. The third-order valence-electron chi connectivity index (χ3n) is 2.47. The molecule has 16 heavy (non-hydrogen) atoms. The van der Waals surface area contributed by atoms with E-state index in [9.17, 15) is 0 Å². The van der Waals surface area contributed by atoms with E-state index in [4.69, 9.17) is 0 Å². The van der Waals surface area contributed by atoms with Crippen molar-refractivity contribution in [2.75, 3.05) is 0 Å². The quantitative estimate of drug-likeness (QED) is 0.643. The first-order valence-corrected chi connectivity index (χ1v) is 4.91. The Hall–Kier alpha value is -2.36. The van der Waals surface area contributed by atoms with Gasteiger partial charge >= 0.3 is 0 Å². The number of benzene rings is 1. The highest BCUT2D eigenvalue weighted by Crippen LogP contribution is 2.22. The zero-order chi connectivity index (χ0) is 10.8. The molecule has 0 saturated heterocycles. The molecular formula is C12H8N4-2. The maximum Gasteiger partial charge on any atom is 0.00987 e. The van der Waals surface area contributed by atoms with Crippen LogP contribution < -0.4 is 10.2 Å². The molecule has 4 heteroatoms. The van der Waals surface area contributed by atoms with Crippen LogP contribution in [0.3, 0.4) is 0 Å². The van der Waals surface area contributed by atoms with Crippen LogP contribution in [0.1, 0.15) is 0 Å². The highest BCUT2D eigenvalue weighted by atomic mass is 15.1. The van der Waals surface area contributed by atoms with Crippen LogP contribution >= 0.6 is 0 Å². The molecule has 0 aliphatic carbocycles. The number of hydrogen-bond acceptors (Lipinski definition) is 2. The van der Waals surface area contributed by atoms with E-state index in [0.29, 0.717) is 0 Å². The summed E-state index contributed by atoms with van der Waals surface area (Å²) < 4.78 is 0. The van der Waals surface area contributed by atoms with Crippen molar-refractivity contribution in [3.05, 3.63) is 49.1 Å². The summed E-state index contributed by atoms with van der Waals surface area (Å²) in [6.07, 6.45) is 7.00. The predicted molar refractivity (Wildman–Crippen MR) is 59.5 cm³/mol. The van der Waals surface area contributed by atoms with Crippen LogP contribution in [0.5, 0.6) is 0 Å². The van der Waals surface area contributed by atoms with Crippen LogP contribution in [0.25, 0.3) is 22.3 Å². The van der Waals surface area contributed by atoms with Gasteiger partial charge in [0.1, 0.15) is 0 Å². The average molecular weight is 208 g/mol. The molecule has 4 nitrogen and oxygen atoms in total. The van der Waals surface area contributed by atoms with Gasteiger partial charge in [-0.05, 0) is 22.3 Å². The third kappa shape index (κ3) is 1.50. The molecule has 0 radical (unpaired) electrons. The Morgan fingerprint density at radius 1 is 0.625 bits per heavy atom. The Morgan fingerprint density at radius 3 is 1.38 bits per heavy atom. The van der Waals surface area contributed by atoms with Gasteiger partial charge in [-0.25, -0.2) is 0 Å².